The zero-order valence-corrected chi connectivity index (χ0v) is 13.0. The van der Waals surface area contributed by atoms with Crippen molar-refractivity contribution in [2.75, 3.05) is 0 Å². The largest absolute Gasteiger partial charge is 0.430 e. The van der Waals surface area contributed by atoms with Gasteiger partial charge in [0, 0.05) is 4.47 Å². The summed E-state index contributed by atoms with van der Waals surface area (Å²) < 4.78 is 7.33. The molecule has 0 aliphatic rings. The quantitative estimate of drug-likeness (QED) is 0.820. The number of aliphatic hydroxyl groups excluding tert-OH is 1. The molecule has 0 bridgehead atoms. The van der Waals surface area contributed by atoms with Gasteiger partial charge in [0.2, 0.25) is 0 Å². The Morgan fingerprint density at radius 3 is 2.76 bits per heavy atom. The molecule has 1 N–H and O–H groups in total. The summed E-state index contributed by atoms with van der Waals surface area (Å²) in [6, 6.07) is 5.54. The van der Waals surface area contributed by atoms with Crippen molar-refractivity contribution < 1.29 is 9.84 Å². The van der Waals surface area contributed by atoms with Crippen LogP contribution < -0.4 is 4.74 Å². The van der Waals surface area contributed by atoms with Gasteiger partial charge < -0.3 is 9.84 Å². The van der Waals surface area contributed by atoms with Crippen LogP contribution in [0.2, 0.25) is 5.15 Å². The number of aliphatic hydroxyl groups is 1. The van der Waals surface area contributed by atoms with E-state index in [1.165, 1.54) is 11.3 Å². The van der Waals surface area contributed by atoms with E-state index in [0.29, 0.717) is 15.8 Å². The molecule has 17 heavy (non-hydrogen) atoms. The highest BCUT2D eigenvalue weighted by Gasteiger charge is 2.11. The van der Waals surface area contributed by atoms with Gasteiger partial charge in [0.15, 0.2) is 0 Å². The first-order valence-electron chi connectivity index (χ1n) is 4.49. The second-order valence-electron chi connectivity index (χ2n) is 3.03. The van der Waals surface area contributed by atoms with Crippen LogP contribution in [0.4, 0.5) is 0 Å². The molecular formula is C10H6Br2ClNO2S. The van der Waals surface area contributed by atoms with E-state index < -0.39 is 0 Å². The van der Waals surface area contributed by atoms with Crippen molar-refractivity contribution >= 4 is 54.8 Å². The average molecular weight is 399 g/mol. The van der Waals surface area contributed by atoms with Crippen LogP contribution >= 0.6 is 54.8 Å². The number of hydrogen-bond acceptors (Lipinski definition) is 4. The van der Waals surface area contributed by atoms with Crippen LogP contribution in [-0.4, -0.2) is 10.1 Å². The van der Waals surface area contributed by atoms with Gasteiger partial charge in [-0.3, -0.25) is 0 Å². The van der Waals surface area contributed by atoms with Crippen LogP contribution in [0.3, 0.4) is 0 Å². The summed E-state index contributed by atoms with van der Waals surface area (Å²) in [6.45, 7) is -0.138. The van der Waals surface area contributed by atoms with Gasteiger partial charge in [-0.05, 0) is 34.1 Å². The Hall–Kier alpha value is -0.140. The number of hydrogen-bond donors (Lipinski definition) is 1. The summed E-state index contributed by atoms with van der Waals surface area (Å²) in [5.74, 6) is 0.642. The maximum Gasteiger partial charge on any atom is 0.280 e. The fraction of sp³-hybridized carbons (Fsp3) is 0.100. The zero-order valence-electron chi connectivity index (χ0n) is 8.28. The van der Waals surface area contributed by atoms with Crippen LogP contribution in [0, 0.1) is 0 Å². The van der Waals surface area contributed by atoms with E-state index in [0.717, 1.165) is 8.95 Å². The van der Waals surface area contributed by atoms with E-state index in [4.69, 9.17) is 21.4 Å². The van der Waals surface area contributed by atoms with Crippen LogP contribution in [-0.2, 0) is 6.61 Å². The maximum absolute atomic E-state index is 9.00. The van der Waals surface area contributed by atoms with Crippen molar-refractivity contribution in [2.45, 2.75) is 6.61 Å². The lowest BCUT2D eigenvalue weighted by Gasteiger charge is -2.04. The minimum Gasteiger partial charge on any atom is -0.430 e. The Morgan fingerprint density at radius 1 is 1.41 bits per heavy atom. The van der Waals surface area contributed by atoms with Gasteiger partial charge in [0.25, 0.3) is 5.19 Å². The fourth-order valence-corrected chi connectivity index (χ4v) is 3.21. The highest BCUT2D eigenvalue weighted by molar-refractivity contribution is 9.11. The van der Waals surface area contributed by atoms with Crippen molar-refractivity contribution in [3.63, 3.8) is 0 Å². The third-order valence-electron chi connectivity index (χ3n) is 1.86. The van der Waals surface area contributed by atoms with Crippen molar-refractivity contribution in [2.24, 2.45) is 0 Å². The van der Waals surface area contributed by atoms with Crippen LogP contribution in [0.5, 0.6) is 10.9 Å². The van der Waals surface area contributed by atoms with Gasteiger partial charge in [-0.15, -0.1) is 0 Å². The number of benzene rings is 1. The standard InChI is InChI=1S/C10H6Br2ClNO2S/c11-5-1-2-7(6(12)3-5)16-10-14-9(13)8(4-15)17-10/h1-3,15H,4H2. The van der Waals surface area contributed by atoms with Crippen LogP contribution in [0.25, 0.3) is 0 Å². The predicted molar refractivity (Wildman–Crippen MR) is 75.0 cm³/mol. The number of rotatable bonds is 3. The first-order chi connectivity index (χ1) is 8.10. The molecule has 7 heteroatoms. The summed E-state index contributed by atoms with van der Waals surface area (Å²) in [6.07, 6.45) is 0. The number of halogens is 3. The molecule has 0 fully saturated rings. The number of aromatic nitrogens is 1. The molecule has 0 unspecified atom stereocenters. The second-order valence-corrected chi connectivity index (χ2v) is 6.20. The second kappa shape index (κ2) is 5.67. The van der Waals surface area contributed by atoms with Crippen molar-refractivity contribution in [1.29, 1.82) is 0 Å². The van der Waals surface area contributed by atoms with E-state index in [1.807, 2.05) is 18.2 Å². The monoisotopic (exact) mass is 397 g/mol. The Bertz CT molecular complexity index is 547. The molecule has 2 rings (SSSR count). The van der Waals surface area contributed by atoms with Gasteiger partial charge in [-0.25, -0.2) is 0 Å². The molecule has 1 aromatic heterocycles. The Labute approximate surface area is 124 Å². The summed E-state index contributed by atoms with van der Waals surface area (Å²) in [5.41, 5.74) is 0. The fourth-order valence-electron chi connectivity index (χ4n) is 1.11. The summed E-state index contributed by atoms with van der Waals surface area (Å²) in [4.78, 5) is 4.60. The van der Waals surface area contributed by atoms with Gasteiger partial charge >= 0.3 is 0 Å². The number of thiazole rings is 1. The average Bonchev–Trinajstić information content (AvgIpc) is 2.63. The molecule has 2 aromatic rings. The molecule has 1 aromatic carbocycles. The third kappa shape index (κ3) is 3.20. The highest BCUT2D eigenvalue weighted by Crippen LogP contribution is 2.36. The molecule has 1 heterocycles. The van der Waals surface area contributed by atoms with E-state index in [2.05, 4.69) is 36.8 Å². The lowest BCUT2D eigenvalue weighted by atomic mass is 10.3. The van der Waals surface area contributed by atoms with E-state index in [1.54, 1.807) is 0 Å². The Kier molecular flexibility index (Phi) is 4.43. The van der Waals surface area contributed by atoms with Gasteiger partial charge in [0.05, 0.1) is 16.0 Å². The van der Waals surface area contributed by atoms with Gasteiger partial charge in [-0.2, -0.15) is 4.98 Å². The minimum absolute atomic E-state index is 0.138. The topological polar surface area (TPSA) is 42.4 Å². The molecule has 0 aliphatic carbocycles. The first kappa shape index (κ1) is 13.3. The van der Waals surface area contributed by atoms with Gasteiger partial charge in [-0.1, -0.05) is 38.9 Å². The normalized spacial score (nSPS) is 10.6. The molecule has 0 aliphatic heterocycles. The Balaban J connectivity index is 2.25. The zero-order chi connectivity index (χ0) is 12.4. The van der Waals surface area contributed by atoms with E-state index >= 15 is 0 Å². The summed E-state index contributed by atoms with van der Waals surface area (Å²) in [5, 5.41) is 9.69. The molecule has 0 saturated heterocycles. The van der Waals surface area contributed by atoms with E-state index in [9.17, 15) is 0 Å². The molecular weight excluding hydrogens is 393 g/mol. The molecule has 0 atom stereocenters. The number of nitrogens with zero attached hydrogens (tertiary/aromatic N) is 1. The summed E-state index contributed by atoms with van der Waals surface area (Å²) in [7, 11) is 0. The maximum atomic E-state index is 9.00. The molecule has 0 spiro atoms. The van der Waals surface area contributed by atoms with Crippen molar-refractivity contribution in [3.8, 4) is 10.9 Å². The minimum atomic E-state index is -0.138. The van der Waals surface area contributed by atoms with Crippen molar-refractivity contribution in [3.05, 3.63) is 37.2 Å². The number of ether oxygens (including phenoxy) is 1. The lowest BCUT2D eigenvalue weighted by molar-refractivity contribution is 0.285. The molecule has 3 nitrogen and oxygen atoms in total. The van der Waals surface area contributed by atoms with Crippen LogP contribution in [0.1, 0.15) is 4.88 Å². The molecule has 0 saturated carbocycles. The van der Waals surface area contributed by atoms with Crippen molar-refractivity contribution in [1.82, 2.24) is 4.98 Å². The third-order valence-corrected chi connectivity index (χ3v) is 4.32. The summed E-state index contributed by atoms with van der Waals surface area (Å²) >= 11 is 13.8. The van der Waals surface area contributed by atoms with Gasteiger partial charge in [0.1, 0.15) is 10.9 Å². The SMILES string of the molecule is OCc1sc(Oc2ccc(Br)cc2Br)nc1Cl. The van der Waals surface area contributed by atoms with Crippen LogP contribution in [0.15, 0.2) is 27.1 Å². The highest BCUT2D eigenvalue weighted by atomic mass is 79.9. The Morgan fingerprint density at radius 2 is 2.18 bits per heavy atom. The first-order valence-corrected chi connectivity index (χ1v) is 7.27. The molecule has 90 valence electrons. The molecule has 0 amide bonds. The van der Waals surface area contributed by atoms with E-state index in [-0.39, 0.29) is 11.8 Å². The lowest BCUT2D eigenvalue weighted by Crippen LogP contribution is -1.84. The predicted octanol–water partition coefficient (Wildman–Crippen LogP) is 4.61. The molecule has 0 radical (unpaired) electrons. The smallest absolute Gasteiger partial charge is 0.280 e.